The maximum Gasteiger partial charge on any atom is 0.130 e. The van der Waals surface area contributed by atoms with Crippen molar-refractivity contribution in [1.82, 2.24) is 0 Å². The van der Waals surface area contributed by atoms with E-state index in [9.17, 15) is 0 Å². The van der Waals surface area contributed by atoms with Gasteiger partial charge in [0.15, 0.2) is 0 Å². The SMILES string of the molecule is C=NC(=NCc1cccc(-c2ccccc2C)c1CCC)C1CC=CC=C1C. The summed E-state index contributed by atoms with van der Waals surface area (Å²) in [7, 11) is 0. The van der Waals surface area contributed by atoms with Gasteiger partial charge in [0.2, 0.25) is 0 Å². The molecule has 1 aliphatic carbocycles. The molecule has 2 nitrogen and oxygen atoms in total. The Balaban J connectivity index is 1.97. The van der Waals surface area contributed by atoms with Crippen molar-refractivity contribution in [2.75, 3.05) is 0 Å². The van der Waals surface area contributed by atoms with Gasteiger partial charge in [0.1, 0.15) is 5.84 Å². The van der Waals surface area contributed by atoms with E-state index in [1.165, 1.54) is 33.4 Å². The molecule has 2 aromatic rings. The van der Waals surface area contributed by atoms with Crippen molar-refractivity contribution in [2.45, 2.75) is 46.6 Å². The second kappa shape index (κ2) is 9.45. The number of benzene rings is 2. The van der Waals surface area contributed by atoms with Gasteiger partial charge >= 0.3 is 0 Å². The smallest absolute Gasteiger partial charge is 0.130 e. The number of amidine groups is 1. The van der Waals surface area contributed by atoms with Crippen LogP contribution in [0.3, 0.4) is 0 Å². The predicted molar refractivity (Wildman–Crippen MR) is 122 cm³/mol. The first kappa shape index (κ1) is 20.0. The molecule has 144 valence electrons. The standard InChI is InChI=1S/C26H30N2/c1-5-11-24-21(14-10-17-25(24)22-15-8-6-12-19(22)2)18-28-26(27-4)23-16-9-7-13-20(23)3/h6-10,12-15,17,23H,4-5,11,16,18H2,1-3H3. The van der Waals surface area contributed by atoms with Gasteiger partial charge in [-0.15, -0.1) is 0 Å². The van der Waals surface area contributed by atoms with Gasteiger partial charge < -0.3 is 0 Å². The lowest BCUT2D eigenvalue weighted by Gasteiger charge is -2.19. The zero-order chi connectivity index (χ0) is 19.9. The summed E-state index contributed by atoms with van der Waals surface area (Å²) in [5.41, 5.74) is 7.95. The number of nitrogens with zero attached hydrogens (tertiary/aromatic N) is 2. The van der Waals surface area contributed by atoms with Crippen LogP contribution in [-0.4, -0.2) is 12.6 Å². The van der Waals surface area contributed by atoms with Crippen molar-refractivity contribution in [3.05, 3.63) is 83.0 Å². The third-order valence-electron chi connectivity index (χ3n) is 5.51. The van der Waals surface area contributed by atoms with Crippen LogP contribution in [0.15, 0.2) is 76.3 Å². The first-order valence-corrected chi connectivity index (χ1v) is 10.2. The lowest BCUT2D eigenvalue weighted by Crippen LogP contribution is -2.15. The van der Waals surface area contributed by atoms with Crippen LogP contribution in [0.4, 0.5) is 0 Å². The number of hydrogen-bond acceptors (Lipinski definition) is 1. The van der Waals surface area contributed by atoms with E-state index in [0.717, 1.165) is 25.1 Å². The van der Waals surface area contributed by atoms with E-state index in [4.69, 9.17) is 4.99 Å². The molecule has 0 aliphatic heterocycles. The Morgan fingerprint density at radius 3 is 2.57 bits per heavy atom. The average molecular weight is 371 g/mol. The average Bonchev–Trinajstić information content (AvgIpc) is 2.71. The molecule has 0 radical (unpaired) electrons. The van der Waals surface area contributed by atoms with Crippen LogP contribution in [0, 0.1) is 12.8 Å². The Morgan fingerprint density at radius 1 is 1.07 bits per heavy atom. The molecule has 0 saturated heterocycles. The van der Waals surface area contributed by atoms with Crippen molar-refractivity contribution in [2.24, 2.45) is 15.9 Å². The minimum absolute atomic E-state index is 0.247. The molecule has 2 aromatic carbocycles. The summed E-state index contributed by atoms with van der Waals surface area (Å²) in [6.45, 7) is 11.0. The summed E-state index contributed by atoms with van der Waals surface area (Å²) in [6.07, 6.45) is 9.55. The third kappa shape index (κ3) is 4.39. The predicted octanol–water partition coefficient (Wildman–Crippen LogP) is 6.74. The zero-order valence-electron chi connectivity index (χ0n) is 17.3. The molecule has 28 heavy (non-hydrogen) atoms. The monoisotopic (exact) mass is 370 g/mol. The van der Waals surface area contributed by atoms with E-state index in [1.807, 2.05) is 0 Å². The summed E-state index contributed by atoms with van der Waals surface area (Å²) in [6, 6.07) is 15.2. The third-order valence-corrected chi connectivity index (χ3v) is 5.51. The fraction of sp³-hybridized carbons (Fsp3) is 0.308. The maximum absolute atomic E-state index is 4.90. The number of hydrogen-bond donors (Lipinski definition) is 0. The number of aryl methyl sites for hydroxylation is 1. The van der Waals surface area contributed by atoms with Crippen LogP contribution in [0.5, 0.6) is 0 Å². The van der Waals surface area contributed by atoms with E-state index >= 15 is 0 Å². The minimum Gasteiger partial charge on any atom is -0.265 e. The second-order valence-corrected chi connectivity index (χ2v) is 7.47. The molecule has 2 heteroatoms. The van der Waals surface area contributed by atoms with Crippen LogP contribution in [0.25, 0.3) is 11.1 Å². The highest BCUT2D eigenvalue weighted by molar-refractivity contribution is 5.91. The van der Waals surface area contributed by atoms with Crippen LogP contribution in [0.2, 0.25) is 0 Å². The minimum atomic E-state index is 0.247. The van der Waals surface area contributed by atoms with E-state index in [-0.39, 0.29) is 5.92 Å². The first-order valence-electron chi connectivity index (χ1n) is 10.2. The Kier molecular flexibility index (Phi) is 6.76. The van der Waals surface area contributed by atoms with Crippen LogP contribution in [0.1, 0.15) is 43.4 Å². The molecule has 0 amide bonds. The van der Waals surface area contributed by atoms with E-state index in [2.05, 4.69) is 93.2 Å². The molecular formula is C26H30N2. The quantitative estimate of drug-likeness (QED) is 0.397. The molecule has 0 aromatic heterocycles. The zero-order valence-corrected chi connectivity index (χ0v) is 17.3. The van der Waals surface area contributed by atoms with Gasteiger partial charge in [-0.05, 0) is 61.2 Å². The summed E-state index contributed by atoms with van der Waals surface area (Å²) < 4.78 is 0. The molecule has 0 bridgehead atoms. The van der Waals surface area contributed by atoms with Gasteiger partial charge in [-0.25, -0.2) is 4.99 Å². The highest BCUT2D eigenvalue weighted by Crippen LogP contribution is 2.31. The van der Waals surface area contributed by atoms with Crippen LogP contribution in [-0.2, 0) is 13.0 Å². The fourth-order valence-electron chi connectivity index (χ4n) is 3.94. The largest absolute Gasteiger partial charge is 0.265 e. The van der Waals surface area contributed by atoms with Gasteiger partial charge in [0.05, 0.1) is 6.54 Å². The maximum atomic E-state index is 4.90. The van der Waals surface area contributed by atoms with E-state index in [1.54, 1.807) is 0 Å². The first-order chi connectivity index (χ1) is 13.7. The lowest BCUT2D eigenvalue weighted by atomic mass is 9.90. The second-order valence-electron chi connectivity index (χ2n) is 7.47. The van der Waals surface area contributed by atoms with Gasteiger partial charge in [-0.2, -0.15) is 0 Å². The number of allylic oxidation sites excluding steroid dienone is 3. The summed E-state index contributed by atoms with van der Waals surface area (Å²) in [5, 5.41) is 0. The molecule has 3 rings (SSSR count). The highest BCUT2D eigenvalue weighted by Gasteiger charge is 2.18. The van der Waals surface area contributed by atoms with Crippen molar-refractivity contribution >= 4 is 12.6 Å². The normalized spacial score (nSPS) is 16.8. The van der Waals surface area contributed by atoms with Gasteiger partial charge in [-0.3, -0.25) is 4.99 Å². The van der Waals surface area contributed by atoms with E-state index < -0.39 is 0 Å². The van der Waals surface area contributed by atoms with Gasteiger partial charge in [0.25, 0.3) is 0 Å². The Hall–Kier alpha value is -2.74. The lowest BCUT2D eigenvalue weighted by molar-refractivity contribution is 0.789. The molecule has 1 atom stereocenters. The van der Waals surface area contributed by atoms with Crippen molar-refractivity contribution < 1.29 is 0 Å². The van der Waals surface area contributed by atoms with Crippen molar-refractivity contribution in [3.8, 4) is 11.1 Å². The summed E-state index contributed by atoms with van der Waals surface area (Å²) in [4.78, 5) is 9.17. The Bertz CT molecular complexity index is 931. The summed E-state index contributed by atoms with van der Waals surface area (Å²) >= 11 is 0. The molecule has 1 aliphatic rings. The fourth-order valence-corrected chi connectivity index (χ4v) is 3.94. The molecule has 1 unspecified atom stereocenters. The molecule has 0 N–H and O–H groups in total. The van der Waals surface area contributed by atoms with Crippen molar-refractivity contribution in [3.63, 3.8) is 0 Å². The van der Waals surface area contributed by atoms with Gasteiger partial charge in [-0.1, -0.05) is 79.6 Å². The van der Waals surface area contributed by atoms with Crippen molar-refractivity contribution in [1.29, 1.82) is 0 Å². The van der Waals surface area contributed by atoms with Gasteiger partial charge in [0, 0.05) is 5.92 Å². The number of aliphatic imine (C=N–C) groups is 2. The molecule has 0 heterocycles. The Labute approximate surface area is 169 Å². The Morgan fingerprint density at radius 2 is 1.86 bits per heavy atom. The molecule has 0 fully saturated rings. The molecule has 0 spiro atoms. The highest BCUT2D eigenvalue weighted by atomic mass is 14.9. The van der Waals surface area contributed by atoms with E-state index in [0.29, 0.717) is 6.54 Å². The number of rotatable bonds is 6. The van der Waals surface area contributed by atoms with Crippen LogP contribution < -0.4 is 0 Å². The topological polar surface area (TPSA) is 24.7 Å². The molecular weight excluding hydrogens is 340 g/mol. The molecule has 0 saturated carbocycles. The van der Waals surface area contributed by atoms with Crippen LogP contribution >= 0.6 is 0 Å². The summed E-state index contributed by atoms with van der Waals surface area (Å²) in [5.74, 6) is 1.10.